The maximum atomic E-state index is 9.16. The highest BCUT2D eigenvalue weighted by Crippen LogP contribution is 2.05. The van der Waals surface area contributed by atoms with Crippen molar-refractivity contribution in [2.75, 3.05) is 0 Å². The van der Waals surface area contributed by atoms with Crippen LogP contribution in [0.4, 0.5) is 0 Å². The molecule has 0 amide bonds. The number of hydrogen-bond acceptors (Lipinski definition) is 2. The number of aromatic nitrogens is 1. The first kappa shape index (κ1) is 1.51. The van der Waals surface area contributed by atoms with Crippen LogP contribution in [0.2, 0.25) is 0 Å². The molecule has 0 spiro atoms. The average Bonchev–Trinajstić information content (AvgIpc) is 2.18. The summed E-state index contributed by atoms with van der Waals surface area (Å²) >= 11 is 0. The van der Waals surface area contributed by atoms with Crippen molar-refractivity contribution in [1.82, 2.24) is 4.98 Å². The van der Waals surface area contributed by atoms with Crippen LogP contribution in [0.15, 0.2) is 18.3 Å². The van der Waals surface area contributed by atoms with E-state index in [1.807, 2.05) is 0 Å². The molecule has 0 saturated heterocycles. The monoisotopic (exact) mass is 131 g/mol. The highest BCUT2D eigenvalue weighted by Gasteiger charge is 1.88. The Labute approximate surface area is 65.4 Å². The largest absolute Gasteiger partial charge is 0.506 e. The Morgan fingerprint density at radius 3 is 3.67 bits per heavy atom. The maximum Gasteiger partial charge on any atom is 0.133 e. The van der Waals surface area contributed by atoms with Gasteiger partial charge in [0.05, 0.1) is 10.3 Å². The number of aromatic hydroxyl groups is 1. The minimum Gasteiger partial charge on any atom is -0.506 e. The van der Waals surface area contributed by atoms with Crippen molar-refractivity contribution in [3.63, 3.8) is 0 Å². The lowest BCUT2D eigenvalue weighted by molar-refractivity contribution is 0.472. The van der Waals surface area contributed by atoms with Gasteiger partial charge in [-0.2, -0.15) is 0 Å². The first-order chi connectivity index (χ1) is 7.50. The van der Waals surface area contributed by atoms with Gasteiger partial charge in [-0.1, -0.05) is 6.85 Å². The van der Waals surface area contributed by atoms with E-state index in [9.17, 15) is 0 Å². The molecule has 1 rings (SSSR count). The number of hydrogen-bond donors (Lipinski definition) is 1. The molecule has 0 bridgehead atoms. The van der Waals surface area contributed by atoms with Crippen LogP contribution in [0.3, 0.4) is 0 Å². The third kappa shape index (κ3) is 1.42. The molecule has 9 heavy (non-hydrogen) atoms. The summed E-state index contributed by atoms with van der Waals surface area (Å²) in [5.74, 6) is -0.875. The van der Waals surface area contributed by atoms with E-state index in [4.69, 9.17) is 16.1 Å². The molecule has 1 aromatic heterocycles. The van der Waals surface area contributed by atoms with Gasteiger partial charge in [0, 0.05) is 12.5 Å². The molecule has 0 aliphatic rings. The minimum atomic E-state index is -3.08. The van der Waals surface area contributed by atoms with Crippen molar-refractivity contribution < 1.29 is 16.1 Å². The fourth-order valence-corrected chi connectivity index (χ4v) is 0.342. The van der Waals surface area contributed by atoms with Gasteiger partial charge in [0.1, 0.15) is 5.75 Å². The average molecular weight is 131 g/mol. The molecule has 1 heterocycles. The molecule has 48 valence electrons. The number of aryl methyl sites for hydroxylation is 1. The van der Waals surface area contributed by atoms with Gasteiger partial charge in [0.15, 0.2) is 0 Å². The molecular weight excluding hydrogens is 114 g/mol. The summed E-state index contributed by atoms with van der Waals surface area (Å²) in [5, 5.41) is 9.16. The van der Waals surface area contributed by atoms with Gasteiger partial charge in [-0.05, 0) is 18.5 Å². The Balaban J connectivity index is 3.54. The van der Waals surface area contributed by atoms with Crippen LogP contribution in [-0.2, 0) is 6.37 Å². The Kier molecular flexibility index (Phi) is 0.417. The number of rotatable bonds is 1. The summed E-state index contributed by atoms with van der Waals surface area (Å²) in [6, 6.07) is -1.65. The molecule has 0 aliphatic carbocycles. The molecule has 0 unspecified atom stereocenters. The van der Waals surface area contributed by atoms with Crippen molar-refractivity contribution in [3.05, 3.63) is 24.0 Å². The minimum absolute atomic E-state index is 0.812. The summed E-state index contributed by atoms with van der Waals surface area (Å²) in [4.78, 5) is 3.25. The lowest BCUT2D eigenvalue weighted by atomic mass is 10.3. The van der Waals surface area contributed by atoms with Gasteiger partial charge in [-0.3, -0.25) is 4.98 Å². The molecular formula is C7H9NO. The van der Waals surface area contributed by atoms with Gasteiger partial charge < -0.3 is 5.11 Å². The van der Waals surface area contributed by atoms with E-state index in [0.29, 0.717) is 0 Å². The van der Waals surface area contributed by atoms with E-state index in [1.54, 1.807) is 0 Å². The maximum absolute atomic E-state index is 9.16. The van der Waals surface area contributed by atoms with Gasteiger partial charge in [-0.25, -0.2) is 0 Å². The second kappa shape index (κ2) is 2.49. The molecule has 1 aromatic rings. The third-order valence-electron chi connectivity index (χ3n) is 0.691. The standard InChI is InChI=1S/C7H9NO/c1-2-6-3-4-7(9)5-8-6/h3-5,9H,2H2,1H3/i1D3,2D2,3D,4D,5D. The van der Waals surface area contributed by atoms with E-state index >= 15 is 0 Å². The molecule has 1 N–H and O–H groups in total. The van der Waals surface area contributed by atoms with Crippen LogP contribution < -0.4 is 0 Å². The smallest absolute Gasteiger partial charge is 0.133 e. The zero-order valence-electron chi connectivity index (χ0n) is 12.4. The van der Waals surface area contributed by atoms with Crippen molar-refractivity contribution in [1.29, 1.82) is 0 Å². The van der Waals surface area contributed by atoms with Crippen molar-refractivity contribution in [3.8, 4) is 5.75 Å². The summed E-state index contributed by atoms with van der Waals surface area (Å²) < 4.78 is 57.6. The number of nitrogens with zero attached hydrogens (tertiary/aromatic N) is 1. The van der Waals surface area contributed by atoms with E-state index in [-0.39, 0.29) is 0 Å². The van der Waals surface area contributed by atoms with Crippen LogP contribution in [0.5, 0.6) is 5.75 Å². The van der Waals surface area contributed by atoms with Gasteiger partial charge in [0.25, 0.3) is 0 Å². The molecule has 0 saturated carbocycles. The predicted octanol–water partition coefficient (Wildman–Crippen LogP) is 1.35. The molecule has 0 aliphatic heterocycles. The molecule has 2 heteroatoms. The van der Waals surface area contributed by atoms with Crippen molar-refractivity contribution in [2.45, 2.75) is 13.2 Å². The fourth-order valence-electron chi connectivity index (χ4n) is 0.342. The molecule has 0 atom stereocenters. The third-order valence-corrected chi connectivity index (χ3v) is 0.691. The molecule has 2 nitrogen and oxygen atoms in total. The van der Waals surface area contributed by atoms with Crippen LogP contribution in [0.1, 0.15) is 23.5 Å². The summed E-state index contributed by atoms with van der Waals surface area (Å²) in [5.41, 5.74) is -0.842. The SMILES string of the molecule is [2H]c1nc(C([2H])([2H])C([2H])([2H])[2H])c([2H])c([2H])c1O. The molecule has 0 fully saturated rings. The summed E-state index contributed by atoms with van der Waals surface area (Å²) in [6.45, 7) is -3.08. The van der Waals surface area contributed by atoms with Crippen LogP contribution in [0, 0.1) is 0 Å². The first-order valence-corrected chi connectivity index (χ1v) is 2.17. The topological polar surface area (TPSA) is 33.1 Å². The highest BCUT2D eigenvalue weighted by atomic mass is 16.3. The van der Waals surface area contributed by atoms with E-state index in [2.05, 4.69) is 4.98 Å². The van der Waals surface area contributed by atoms with Gasteiger partial charge in [0.2, 0.25) is 0 Å². The van der Waals surface area contributed by atoms with Gasteiger partial charge >= 0.3 is 0 Å². The molecule has 0 radical (unpaired) electrons. The Bertz CT molecular complexity index is 454. The normalized spacial score (nSPS) is 25.3. The molecule has 0 aromatic carbocycles. The fraction of sp³-hybridized carbons (Fsp3) is 0.286. The zero-order valence-corrected chi connectivity index (χ0v) is 4.39. The Morgan fingerprint density at radius 1 is 2.00 bits per heavy atom. The second-order valence-electron chi connectivity index (χ2n) is 1.30. The zero-order chi connectivity index (χ0) is 13.6. The van der Waals surface area contributed by atoms with Crippen LogP contribution in [-0.4, -0.2) is 10.1 Å². The summed E-state index contributed by atoms with van der Waals surface area (Å²) in [7, 11) is 0. The first-order valence-electron chi connectivity index (χ1n) is 6.17. The number of pyridine rings is 1. The van der Waals surface area contributed by atoms with E-state index < -0.39 is 42.9 Å². The Hall–Kier alpha value is -1.05. The van der Waals surface area contributed by atoms with Crippen molar-refractivity contribution >= 4 is 0 Å². The van der Waals surface area contributed by atoms with E-state index in [1.165, 1.54) is 0 Å². The van der Waals surface area contributed by atoms with Crippen LogP contribution in [0.25, 0.3) is 0 Å². The Morgan fingerprint density at radius 2 is 2.89 bits per heavy atom. The summed E-state index contributed by atoms with van der Waals surface area (Å²) in [6.07, 6.45) is -3.78. The van der Waals surface area contributed by atoms with Gasteiger partial charge in [-0.15, -0.1) is 0 Å². The predicted molar refractivity (Wildman–Crippen MR) is 35.3 cm³/mol. The second-order valence-corrected chi connectivity index (χ2v) is 1.30. The highest BCUT2D eigenvalue weighted by molar-refractivity contribution is 5.17. The van der Waals surface area contributed by atoms with Crippen molar-refractivity contribution in [2.24, 2.45) is 0 Å². The lowest BCUT2D eigenvalue weighted by Crippen LogP contribution is -1.82. The quantitative estimate of drug-likeness (QED) is 0.624. The van der Waals surface area contributed by atoms with E-state index in [0.717, 1.165) is 0 Å². The van der Waals surface area contributed by atoms with Crippen LogP contribution >= 0.6 is 0 Å². The lowest BCUT2D eigenvalue weighted by Gasteiger charge is -1.92.